The normalized spacial score (nSPS) is 22.7. The van der Waals surface area contributed by atoms with Crippen molar-refractivity contribution in [3.8, 4) is 22.5 Å². The van der Waals surface area contributed by atoms with Crippen molar-refractivity contribution in [1.29, 1.82) is 0 Å². The third-order valence-corrected chi connectivity index (χ3v) is 13.4. The zero-order valence-corrected chi connectivity index (χ0v) is 29.6. The van der Waals surface area contributed by atoms with Gasteiger partial charge in [0.1, 0.15) is 5.82 Å². The second-order valence-corrected chi connectivity index (χ2v) is 17.0. The quantitative estimate of drug-likeness (QED) is 0.173. The summed E-state index contributed by atoms with van der Waals surface area (Å²) in [7, 11) is 0. The maximum absolute atomic E-state index is 15.1. The Hall–Kier alpha value is -3.49. The average molecular weight is 675 g/mol. The molecule has 2 spiro atoms. The molecule has 1 N–H and O–H groups in total. The zero-order chi connectivity index (χ0) is 33.4. The molecule has 1 aliphatic heterocycles. The minimum absolute atomic E-state index is 0.00363. The standard InChI is InChI=1S/C41H46N4O3S/c1-39(2)24-28(16-21-48-39)45-37(47)33-35(30-15-7-5-13-27(30)23-41(33)19-10-11-20-41)44-38(45)49-25-31-42-34-29-14-6-4-12-26(29)22-40(17-8-3-9-18-40)32(34)36(46)43-31/h4-7,12-15,28H,3,8-11,16-25H2,1-2H3,(H,42,43,46)/t28-/m1/s1. The van der Waals surface area contributed by atoms with Gasteiger partial charge in [0.25, 0.3) is 11.1 Å². The number of aromatic nitrogens is 4. The van der Waals surface area contributed by atoms with Gasteiger partial charge in [0.15, 0.2) is 5.16 Å². The van der Waals surface area contributed by atoms with Crippen molar-refractivity contribution in [3.05, 3.63) is 97.3 Å². The van der Waals surface area contributed by atoms with Gasteiger partial charge < -0.3 is 9.72 Å². The van der Waals surface area contributed by atoms with E-state index in [4.69, 9.17) is 14.7 Å². The van der Waals surface area contributed by atoms with E-state index in [0.29, 0.717) is 23.3 Å². The van der Waals surface area contributed by atoms with Crippen molar-refractivity contribution in [2.75, 3.05) is 6.61 Å². The Bertz CT molecular complexity index is 2070. The van der Waals surface area contributed by atoms with Crippen LogP contribution in [0.4, 0.5) is 0 Å². The summed E-state index contributed by atoms with van der Waals surface area (Å²) in [4.78, 5) is 43.1. The number of ether oxygens (including phenoxy) is 1. The number of nitrogens with zero attached hydrogens (tertiary/aromatic N) is 3. The molecule has 5 aliphatic rings. The Morgan fingerprint density at radius 2 is 1.41 bits per heavy atom. The van der Waals surface area contributed by atoms with Crippen molar-refractivity contribution in [2.24, 2.45) is 0 Å². The third kappa shape index (κ3) is 5.19. The molecule has 2 aromatic heterocycles. The number of H-pyrrole nitrogens is 1. The van der Waals surface area contributed by atoms with Gasteiger partial charge in [-0.05, 0) is 76.3 Å². The highest BCUT2D eigenvalue weighted by molar-refractivity contribution is 7.98. The molecular weight excluding hydrogens is 629 g/mol. The SMILES string of the molecule is CC1(C)C[C@H](n2c(SCc3nc4c(c(=O)[nH]3)C3(CCCCC3)Cc3ccccc3-4)nc3c(c2=O)C2(CCCC2)Cc2ccccc2-3)CCO1. The number of benzene rings is 2. The van der Waals surface area contributed by atoms with E-state index < -0.39 is 0 Å². The van der Waals surface area contributed by atoms with Gasteiger partial charge in [-0.1, -0.05) is 92.4 Å². The van der Waals surface area contributed by atoms with Crippen LogP contribution in [-0.4, -0.2) is 31.7 Å². The number of thioether (sulfide) groups is 1. The fourth-order valence-corrected chi connectivity index (χ4v) is 11.2. The van der Waals surface area contributed by atoms with E-state index in [-0.39, 0.29) is 33.6 Å². The van der Waals surface area contributed by atoms with Gasteiger partial charge >= 0.3 is 0 Å². The summed E-state index contributed by atoms with van der Waals surface area (Å²) in [5, 5.41) is 0.709. The van der Waals surface area contributed by atoms with Gasteiger partial charge in [-0.15, -0.1) is 0 Å². The van der Waals surface area contributed by atoms with Gasteiger partial charge in [0, 0.05) is 34.6 Å². The average Bonchev–Trinajstić information content (AvgIpc) is 3.55. The lowest BCUT2D eigenvalue weighted by molar-refractivity contribution is -0.0710. The van der Waals surface area contributed by atoms with Crippen LogP contribution in [0.1, 0.15) is 119 Å². The molecule has 2 saturated carbocycles. The first-order chi connectivity index (χ1) is 23.8. The highest BCUT2D eigenvalue weighted by Crippen LogP contribution is 2.51. The first-order valence-electron chi connectivity index (χ1n) is 18.5. The minimum atomic E-state index is -0.328. The van der Waals surface area contributed by atoms with E-state index in [2.05, 4.69) is 67.4 Å². The Kier molecular flexibility index (Phi) is 7.58. The fraction of sp³-hybridized carbons (Fsp3) is 0.512. The molecule has 3 fully saturated rings. The number of rotatable bonds is 4. The van der Waals surface area contributed by atoms with Crippen molar-refractivity contribution in [1.82, 2.24) is 19.5 Å². The molecule has 4 aliphatic carbocycles. The van der Waals surface area contributed by atoms with Gasteiger partial charge in [-0.3, -0.25) is 14.2 Å². The van der Waals surface area contributed by atoms with Crippen LogP contribution in [0, 0.1) is 0 Å². The van der Waals surface area contributed by atoms with E-state index in [0.717, 1.165) is 111 Å². The summed E-state index contributed by atoms with van der Waals surface area (Å²) in [5.74, 6) is 1.05. The molecule has 0 amide bonds. The summed E-state index contributed by atoms with van der Waals surface area (Å²) in [6.45, 7) is 4.85. The number of hydrogen-bond donors (Lipinski definition) is 1. The Balaban J connectivity index is 1.17. The van der Waals surface area contributed by atoms with Crippen molar-refractivity contribution in [2.45, 2.75) is 131 Å². The van der Waals surface area contributed by atoms with E-state index in [9.17, 15) is 4.79 Å². The second kappa shape index (κ2) is 11.8. The second-order valence-electron chi connectivity index (χ2n) is 16.1. The van der Waals surface area contributed by atoms with Crippen LogP contribution in [0.5, 0.6) is 0 Å². The highest BCUT2D eigenvalue weighted by Gasteiger charge is 2.46. The molecule has 0 unspecified atom stereocenters. The molecule has 0 bridgehead atoms. The molecule has 49 heavy (non-hydrogen) atoms. The first-order valence-corrected chi connectivity index (χ1v) is 19.5. The molecule has 7 nitrogen and oxygen atoms in total. The first kappa shape index (κ1) is 31.5. The van der Waals surface area contributed by atoms with Crippen LogP contribution in [0.3, 0.4) is 0 Å². The fourth-order valence-electron chi connectivity index (χ4n) is 10.3. The molecule has 2 aromatic carbocycles. The monoisotopic (exact) mass is 674 g/mol. The van der Waals surface area contributed by atoms with E-state index in [1.165, 1.54) is 29.3 Å². The van der Waals surface area contributed by atoms with Gasteiger partial charge in [-0.2, -0.15) is 0 Å². The van der Waals surface area contributed by atoms with Crippen molar-refractivity contribution < 1.29 is 4.74 Å². The number of nitrogens with one attached hydrogen (secondary N) is 1. The number of aromatic amines is 1. The minimum Gasteiger partial charge on any atom is -0.375 e. The van der Waals surface area contributed by atoms with Gasteiger partial charge in [0.2, 0.25) is 0 Å². The maximum Gasteiger partial charge on any atom is 0.258 e. The molecule has 9 rings (SSSR count). The Labute approximate surface area is 292 Å². The van der Waals surface area contributed by atoms with Crippen LogP contribution in [0.15, 0.2) is 63.3 Å². The predicted octanol–water partition coefficient (Wildman–Crippen LogP) is 8.21. The topological polar surface area (TPSA) is 89.9 Å². The number of fused-ring (bicyclic) bond motifs is 8. The molecule has 1 atom stereocenters. The highest BCUT2D eigenvalue weighted by atomic mass is 32.2. The lowest BCUT2D eigenvalue weighted by Crippen LogP contribution is -2.44. The molecule has 1 saturated heterocycles. The maximum atomic E-state index is 15.1. The van der Waals surface area contributed by atoms with Gasteiger partial charge in [0.05, 0.1) is 33.9 Å². The zero-order valence-electron chi connectivity index (χ0n) is 28.8. The van der Waals surface area contributed by atoms with E-state index in [1.54, 1.807) is 0 Å². The van der Waals surface area contributed by atoms with Crippen LogP contribution in [0.2, 0.25) is 0 Å². The van der Waals surface area contributed by atoms with Crippen LogP contribution < -0.4 is 11.1 Å². The summed E-state index contributed by atoms with van der Waals surface area (Å²) < 4.78 is 8.15. The number of hydrogen-bond acceptors (Lipinski definition) is 6. The summed E-state index contributed by atoms with van der Waals surface area (Å²) in [5.41, 5.74) is 7.75. The van der Waals surface area contributed by atoms with Crippen molar-refractivity contribution >= 4 is 11.8 Å². The van der Waals surface area contributed by atoms with Crippen LogP contribution in [-0.2, 0) is 34.2 Å². The van der Waals surface area contributed by atoms with E-state index in [1.807, 2.05) is 4.57 Å². The molecule has 3 heterocycles. The summed E-state index contributed by atoms with van der Waals surface area (Å²) >= 11 is 1.53. The largest absolute Gasteiger partial charge is 0.375 e. The van der Waals surface area contributed by atoms with E-state index >= 15 is 4.79 Å². The lowest BCUT2D eigenvalue weighted by atomic mass is 9.62. The molecule has 4 aromatic rings. The summed E-state index contributed by atoms with van der Waals surface area (Å²) in [6.07, 6.45) is 13.3. The lowest BCUT2D eigenvalue weighted by Gasteiger charge is -2.41. The summed E-state index contributed by atoms with van der Waals surface area (Å²) in [6, 6.07) is 17.0. The molecule has 0 radical (unpaired) electrons. The van der Waals surface area contributed by atoms with Crippen LogP contribution in [0.25, 0.3) is 22.5 Å². The third-order valence-electron chi connectivity index (χ3n) is 12.5. The molecule has 254 valence electrons. The van der Waals surface area contributed by atoms with Crippen molar-refractivity contribution in [3.63, 3.8) is 0 Å². The van der Waals surface area contributed by atoms with Gasteiger partial charge in [-0.25, -0.2) is 9.97 Å². The Morgan fingerprint density at radius 3 is 2.06 bits per heavy atom. The molecular formula is C41H46N4O3S. The predicted molar refractivity (Wildman–Crippen MR) is 194 cm³/mol. The Morgan fingerprint density at radius 1 is 0.816 bits per heavy atom. The molecule has 8 heteroatoms. The smallest absolute Gasteiger partial charge is 0.258 e. The van der Waals surface area contributed by atoms with Crippen LogP contribution >= 0.6 is 11.8 Å².